The largest absolute Gasteiger partial charge is 0.450 e. The Morgan fingerprint density at radius 1 is 1.46 bits per heavy atom. The van der Waals surface area contributed by atoms with Crippen molar-refractivity contribution in [3.8, 4) is 0 Å². The number of hydrogen-bond donors (Lipinski definition) is 1. The molecule has 6 heteroatoms. The molecular formula is C18H17ClN2O2S. The number of ether oxygens (including phenoxy) is 1. The first kappa shape index (κ1) is 15.5. The van der Waals surface area contributed by atoms with Crippen LogP contribution >= 0.6 is 22.9 Å². The summed E-state index contributed by atoms with van der Waals surface area (Å²) in [5, 5.41) is 5.99. The Bertz CT molecular complexity index is 888. The van der Waals surface area contributed by atoms with Crippen LogP contribution < -0.4 is 0 Å². The van der Waals surface area contributed by atoms with Gasteiger partial charge in [-0.05, 0) is 59.5 Å². The van der Waals surface area contributed by atoms with Gasteiger partial charge in [-0.1, -0.05) is 11.6 Å². The zero-order valence-electron chi connectivity index (χ0n) is 13.2. The smallest absolute Gasteiger partial charge is 0.410 e. The Kier molecular flexibility index (Phi) is 3.98. The first-order valence-electron chi connectivity index (χ1n) is 7.94. The average Bonchev–Trinajstić information content (AvgIpc) is 3.21. The molecule has 4 nitrogen and oxygen atoms in total. The van der Waals surface area contributed by atoms with E-state index >= 15 is 0 Å². The van der Waals surface area contributed by atoms with Crippen molar-refractivity contribution in [2.75, 3.05) is 13.2 Å². The third kappa shape index (κ3) is 2.48. The number of fused-ring (bicyclic) bond motifs is 3. The van der Waals surface area contributed by atoms with E-state index < -0.39 is 0 Å². The zero-order valence-corrected chi connectivity index (χ0v) is 14.8. The van der Waals surface area contributed by atoms with E-state index in [-0.39, 0.29) is 12.1 Å². The molecule has 1 atom stereocenters. The summed E-state index contributed by atoms with van der Waals surface area (Å²) < 4.78 is 5.27. The van der Waals surface area contributed by atoms with Gasteiger partial charge in [-0.25, -0.2) is 4.79 Å². The van der Waals surface area contributed by atoms with E-state index in [9.17, 15) is 4.79 Å². The Hall–Kier alpha value is -1.98. The van der Waals surface area contributed by atoms with Gasteiger partial charge >= 0.3 is 6.09 Å². The molecule has 1 aromatic carbocycles. The number of benzene rings is 1. The number of carbonyl (C=O) groups is 1. The molecule has 0 spiro atoms. The number of amides is 1. The van der Waals surface area contributed by atoms with E-state index in [1.54, 1.807) is 11.3 Å². The van der Waals surface area contributed by atoms with Crippen molar-refractivity contribution in [1.82, 2.24) is 9.88 Å². The number of aromatic nitrogens is 1. The lowest BCUT2D eigenvalue weighted by Gasteiger charge is -2.34. The molecule has 3 heterocycles. The highest BCUT2D eigenvalue weighted by atomic mass is 35.5. The second-order valence-electron chi connectivity index (χ2n) is 5.81. The third-order valence-electron chi connectivity index (χ3n) is 4.45. The van der Waals surface area contributed by atoms with E-state index in [1.165, 1.54) is 5.56 Å². The molecule has 0 bridgehead atoms. The van der Waals surface area contributed by atoms with Crippen LogP contribution in [0.4, 0.5) is 4.79 Å². The highest BCUT2D eigenvalue weighted by Crippen LogP contribution is 2.39. The fraction of sp³-hybridized carbons (Fsp3) is 0.278. The quantitative estimate of drug-likeness (QED) is 0.700. The minimum atomic E-state index is -0.268. The highest BCUT2D eigenvalue weighted by molar-refractivity contribution is 7.08. The van der Waals surface area contributed by atoms with Crippen molar-refractivity contribution in [2.45, 2.75) is 19.4 Å². The SMILES string of the molecule is CCOC(=O)N1CCc2c([nH]c3ccc(Cl)cc23)C1c1ccsc1. The van der Waals surface area contributed by atoms with Crippen molar-refractivity contribution >= 4 is 39.9 Å². The lowest BCUT2D eigenvalue weighted by molar-refractivity contribution is 0.0933. The van der Waals surface area contributed by atoms with Gasteiger partial charge in [0.25, 0.3) is 0 Å². The van der Waals surface area contributed by atoms with E-state index in [0.29, 0.717) is 13.2 Å². The number of aromatic amines is 1. The number of rotatable bonds is 2. The molecule has 0 radical (unpaired) electrons. The molecule has 0 saturated heterocycles. The fourth-order valence-corrected chi connectivity index (χ4v) is 4.29. The summed E-state index contributed by atoms with van der Waals surface area (Å²) in [6, 6.07) is 7.79. The third-order valence-corrected chi connectivity index (χ3v) is 5.39. The monoisotopic (exact) mass is 360 g/mol. The van der Waals surface area contributed by atoms with Crippen LogP contribution in [0.2, 0.25) is 5.02 Å². The van der Waals surface area contributed by atoms with Gasteiger partial charge in [0.05, 0.1) is 6.61 Å². The highest BCUT2D eigenvalue weighted by Gasteiger charge is 2.35. The van der Waals surface area contributed by atoms with E-state index in [2.05, 4.69) is 16.4 Å². The predicted molar refractivity (Wildman–Crippen MR) is 96.9 cm³/mol. The lowest BCUT2D eigenvalue weighted by atomic mass is 9.94. The van der Waals surface area contributed by atoms with Gasteiger partial charge in [0.2, 0.25) is 0 Å². The molecule has 3 aromatic rings. The maximum absolute atomic E-state index is 12.5. The molecule has 0 fully saturated rings. The van der Waals surface area contributed by atoms with Crippen LogP contribution in [0.3, 0.4) is 0 Å². The number of hydrogen-bond acceptors (Lipinski definition) is 3. The molecule has 1 amide bonds. The molecule has 0 saturated carbocycles. The second kappa shape index (κ2) is 6.15. The lowest BCUT2D eigenvalue weighted by Crippen LogP contribution is -2.40. The molecule has 1 aliphatic rings. The van der Waals surface area contributed by atoms with E-state index in [4.69, 9.17) is 16.3 Å². The van der Waals surface area contributed by atoms with Crippen molar-refractivity contribution in [1.29, 1.82) is 0 Å². The molecule has 0 aliphatic carbocycles. The molecule has 124 valence electrons. The molecule has 24 heavy (non-hydrogen) atoms. The molecular weight excluding hydrogens is 344 g/mol. The summed E-state index contributed by atoms with van der Waals surface area (Å²) in [6.07, 6.45) is 0.519. The van der Waals surface area contributed by atoms with Gasteiger partial charge in [-0.15, -0.1) is 0 Å². The Morgan fingerprint density at radius 2 is 2.33 bits per heavy atom. The number of carbonyl (C=O) groups excluding carboxylic acids is 1. The summed E-state index contributed by atoms with van der Waals surface area (Å²) in [4.78, 5) is 17.8. The maximum Gasteiger partial charge on any atom is 0.410 e. The average molecular weight is 361 g/mol. The van der Waals surface area contributed by atoms with Crippen LogP contribution in [-0.2, 0) is 11.2 Å². The minimum absolute atomic E-state index is 0.148. The van der Waals surface area contributed by atoms with E-state index in [0.717, 1.165) is 33.6 Å². The van der Waals surface area contributed by atoms with Gasteiger partial charge in [0.1, 0.15) is 6.04 Å². The Balaban J connectivity index is 1.87. The molecule has 1 aliphatic heterocycles. The van der Waals surface area contributed by atoms with Gasteiger partial charge in [0.15, 0.2) is 0 Å². The topological polar surface area (TPSA) is 45.3 Å². The summed E-state index contributed by atoms with van der Waals surface area (Å²) in [5.41, 5.74) is 4.45. The second-order valence-corrected chi connectivity index (χ2v) is 7.03. The Morgan fingerprint density at radius 3 is 3.08 bits per heavy atom. The normalized spacial score (nSPS) is 17.1. The van der Waals surface area contributed by atoms with Crippen LogP contribution in [0.5, 0.6) is 0 Å². The van der Waals surface area contributed by atoms with Crippen LogP contribution in [0.25, 0.3) is 10.9 Å². The van der Waals surface area contributed by atoms with Gasteiger partial charge in [-0.3, -0.25) is 4.90 Å². The molecule has 2 aromatic heterocycles. The van der Waals surface area contributed by atoms with Crippen molar-refractivity contribution in [3.63, 3.8) is 0 Å². The first-order valence-corrected chi connectivity index (χ1v) is 9.26. The standard InChI is InChI=1S/C18H17ClN2O2S/c1-2-23-18(22)21-7-5-13-14-9-12(19)3-4-15(14)20-16(13)17(21)11-6-8-24-10-11/h3-4,6,8-10,17,20H,2,5,7H2,1H3. The number of nitrogens with zero attached hydrogens (tertiary/aromatic N) is 1. The zero-order chi connectivity index (χ0) is 16.7. The molecule has 4 rings (SSSR count). The fourth-order valence-electron chi connectivity index (χ4n) is 3.44. The van der Waals surface area contributed by atoms with Gasteiger partial charge < -0.3 is 9.72 Å². The van der Waals surface area contributed by atoms with Crippen molar-refractivity contribution in [3.05, 3.63) is 56.9 Å². The first-order chi connectivity index (χ1) is 11.7. The molecule has 1 unspecified atom stereocenters. The maximum atomic E-state index is 12.5. The minimum Gasteiger partial charge on any atom is -0.450 e. The van der Waals surface area contributed by atoms with E-state index in [1.807, 2.05) is 35.4 Å². The molecule has 1 N–H and O–H groups in total. The van der Waals surface area contributed by atoms with Crippen LogP contribution in [0.1, 0.15) is 29.8 Å². The number of halogens is 1. The van der Waals surface area contributed by atoms with Crippen molar-refractivity contribution < 1.29 is 9.53 Å². The summed E-state index contributed by atoms with van der Waals surface area (Å²) in [5.74, 6) is 0. The Labute approximate surface area is 149 Å². The predicted octanol–water partition coefficient (Wildman–Crippen LogP) is 4.99. The number of thiophene rings is 1. The van der Waals surface area contributed by atoms with Crippen LogP contribution in [0.15, 0.2) is 35.0 Å². The van der Waals surface area contributed by atoms with Gasteiger partial charge in [0, 0.05) is 28.2 Å². The summed E-state index contributed by atoms with van der Waals surface area (Å²) in [6.45, 7) is 2.84. The number of H-pyrrole nitrogens is 1. The summed E-state index contributed by atoms with van der Waals surface area (Å²) in [7, 11) is 0. The van der Waals surface area contributed by atoms with Crippen LogP contribution in [-0.4, -0.2) is 29.1 Å². The van der Waals surface area contributed by atoms with Crippen molar-refractivity contribution in [2.24, 2.45) is 0 Å². The summed E-state index contributed by atoms with van der Waals surface area (Å²) >= 11 is 7.81. The number of nitrogens with one attached hydrogen (secondary N) is 1. The van der Waals surface area contributed by atoms with Crippen LogP contribution in [0, 0.1) is 0 Å². The van der Waals surface area contributed by atoms with Gasteiger partial charge in [-0.2, -0.15) is 11.3 Å².